The molecule has 0 saturated heterocycles. The Morgan fingerprint density at radius 2 is 2.20 bits per heavy atom. The molecule has 0 unspecified atom stereocenters. The fourth-order valence-corrected chi connectivity index (χ4v) is 0.235. The molecule has 3 nitrogen and oxygen atoms in total. The standard InChI is InChI=1S/C3H3B2Cl2O3/c1-2(4-8)9-10-5-3(6)7/h3H,1H2. The van der Waals surface area contributed by atoms with Crippen molar-refractivity contribution in [3.8, 4) is 0 Å². The molecule has 10 heavy (non-hydrogen) atoms. The third kappa shape index (κ3) is 6.13. The first-order valence-corrected chi connectivity index (χ1v) is 3.13. The summed E-state index contributed by atoms with van der Waals surface area (Å²) in [5, 5.41) is 0. The molecule has 0 aromatic rings. The van der Waals surface area contributed by atoms with Crippen LogP contribution in [-0.2, 0) is 14.4 Å². The maximum absolute atomic E-state index is 9.80. The molecule has 0 spiro atoms. The topological polar surface area (TPSA) is 35.5 Å². The zero-order valence-corrected chi connectivity index (χ0v) is 6.43. The number of rotatable bonds is 5. The van der Waals surface area contributed by atoms with E-state index in [1.807, 2.05) is 0 Å². The summed E-state index contributed by atoms with van der Waals surface area (Å²) in [6.45, 7) is 3.15. The van der Waals surface area contributed by atoms with Gasteiger partial charge in [0.25, 0.3) is 0 Å². The maximum atomic E-state index is 9.80. The Kier molecular flexibility index (Phi) is 5.77. The quantitative estimate of drug-likeness (QED) is 0.206. The van der Waals surface area contributed by atoms with Crippen LogP contribution in [-0.4, -0.2) is 19.4 Å². The molecule has 0 bridgehead atoms. The van der Waals surface area contributed by atoms with E-state index in [-0.39, 0.29) is 5.66 Å². The molecule has 0 aliphatic heterocycles. The molecule has 0 fully saturated rings. The summed E-state index contributed by atoms with van der Waals surface area (Å²) < 4.78 is 9.00. The normalized spacial score (nSPS) is 8.70. The van der Waals surface area contributed by atoms with Crippen LogP contribution in [0.3, 0.4) is 0 Å². The van der Waals surface area contributed by atoms with Gasteiger partial charge in [-0.05, 0) is 0 Å². The van der Waals surface area contributed by atoms with Crippen molar-refractivity contribution in [3.63, 3.8) is 0 Å². The van der Waals surface area contributed by atoms with Gasteiger partial charge in [-0.15, -0.1) is 0 Å². The minimum atomic E-state index is -0.792. The number of halogens is 2. The van der Waals surface area contributed by atoms with Crippen LogP contribution in [0.4, 0.5) is 0 Å². The Labute approximate surface area is 69.7 Å². The van der Waals surface area contributed by atoms with Crippen LogP contribution >= 0.6 is 23.2 Å². The van der Waals surface area contributed by atoms with Gasteiger partial charge in [-0.3, -0.25) is 0 Å². The Balaban J connectivity index is 3.19. The van der Waals surface area contributed by atoms with Crippen LogP contribution < -0.4 is 0 Å². The molecule has 0 atom stereocenters. The third-order valence-corrected chi connectivity index (χ3v) is 0.651. The summed E-state index contributed by atoms with van der Waals surface area (Å²) in [6.07, 6.45) is 0. The number of hydrogen-bond acceptors (Lipinski definition) is 3. The van der Waals surface area contributed by atoms with Crippen molar-refractivity contribution < 1.29 is 14.4 Å². The van der Waals surface area contributed by atoms with Crippen LogP contribution in [0.15, 0.2) is 12.2 Å². The van der Waals surface area contributed by atoms with Crippen LogP contribution in [0.25, 0.3) is 0 Å². The van der Waals surface area contributed by atoms with Crippen molar-refractivity contribution in [2.75, 3.05) is 0 Å². The van der Waals surface area contributed by atoms with Crippen LogP contribution in [0.5, 0.6) is 0 Å². The van der Waals surface area contributed by atoms with E-state index in [1.165, 1.54) is 0 Å². The molecule has 0 aliphatic rings. The molecule has 0 N–H and O–H groups in total. The summed E-state index contributed by atoms with van der Waals surface area (Å²) in [6, 6.07) is 0. The Bertz CT molecular complexity index is 129. The van der Waals surface area contributed by atoms with Crippen molar-refractivity contribution in [3.05, 3.63) is 12.2 Å². The van der Waals surface area contributed by atoms with Crippen LogP contribution in [0, 0.1) is 0 Å². The van der Waals surface area contributed by atoms with Crippen LogP contribution in [0.2, 0.25) is 0 Å². The fraction of sp³-hybridized carbons (Fsp3) is 0.333. The molecular formula is C3H3B2Cl2O3. The Morgan fingerprint density at radius 3 is 2.60 bits per heavy atom. The average molecular weight is 180 g/mol. The third-order valence-electron chi connectivity index (χ3n) is 0.445. The molecule has 7 heteroatoms. The molecule has 0 rings (SSSR count). The van der Waals surface area contributed by atoms with Gasteiger partial charge < -0.3 is 0 Å². The van der Waals surface area contributed by atoms with Gasteiger partial charge in [0.15, 0.2) is 0 Å². The van der Waals surface area contributed by atoms with Gasteiger partial charge in [0.05, 0.1) is 0 Å². The molecule has 0 heterocycles. The summed E-state index contributed by atoms with van der Waals surface area (Å²) in [7, 11) is 1.39. The summed E-state index contributed by atoms with van der Waals surface area (Å²) in [4.78, 5) is 8.44. The van der Waals surface area contributed by atoms with E-state index in [0.29, 0.717) is 7.15 Å². The van der Waals surface area contributed by atoms with Gasteiger partial charge in [0, 0.05) is 0 Å². The molecule has 0 aliphatic carbocycles. The van der Waals surface area contributed by atoms with Gasteiger partial charge in [0.1, 0.15) is 0 Å². The van der Waals surface area contributed by atoms with Crippen molar-refractivity contribution >= 4 is 37.8 Å². The predicted molar refractivity (Wildman–Crippen MR) is 39.0 cm³/mol. The monoisotopic (exact) mass is 179 g/mol. The average Bonchev–Trinajstić information content (AvgIpc) is 1.87. The molecule has 0 aromatic carbocycles. The van der Waals surface area contributed by atoms with E-state index in [9.17, 15) is 4.70 Å². The first-order valence-electron chi connectivity index (χ1n) is 2.25. The van der Waals surface area contributed by atoms with E-state index < -0.39 is 4.74 Å². The van der Waals surface area contributed by atoms with Crippen molar-refractivity contribution in [1.29, 1.82) is 0 Å². The zero-order valence-electron chi connectivity index (χ0n) is 4.92. The zero-order chi connectivity index (χ0) is 7.98. The van der Waals surface area contributed by atoms with Gasteiger partial charge in [-0.1, -0.05) is 0 Å². The van der Waals surface area contributed by atoms with E-state index in [1.54, 1.807) is 0 Å². The second-order valence-electron chi connectivity index (χ2n) is 1.23. The van der Waals surface area contributed by atoms with Gasteiger partial charge >= 0.3 is 69.2 Å². The van der Waals surface area contributed by atoms with Crippen LogP contribution in [0.1, 0.15) is 0 Å². The van der Waals surface area contributed by atoms with E-state index in [4.69, 9.17) is 23.2 Å². The first-order chi connectivity index (χ1) is 4.66. The van der Waals surface area contributed by atoms with Crippen molar-refractivity contribution in [2.45, 2.75) is 4.74 Å². The van der Waals surface area contributed by atoms with Crippen molar-refractivity contribution in [1.82, 2.24) is 0 Å². The second-order valence-corrected chi connectivity index (χ2v) is 2.40. The van der Waals surface area contributed by atoms with Gasteiger partial charge in [0.2, 0.25) is 0 Å². The molecule has 0 aromatic heterocycles. The van der Waals surface area contributed by atoms with E-state index in [0.717, 1.165) is 7.48 Å². The minimum absolute atomic E-state index is 0.148. The predicted octanol–water partition coefficient (Wildman–Crippen LogP) is 0.836. The van der Waals surface area contributed by atoms with E-state index >= 15 is 0 Å². The molecule has 53 valence electrons. The molecule has 0 amide bonds. The summed E-state index contributed by atoms with van der Waals surface area (Å²) in [5.41, 5.74) is -0.148. The summed E-state index contributed by atoms with van der Waals surface area (Å²) in [5.74, 6) is 0. The summed E-state index contributed by atoms with van der Waals surface area (Å²) >= 11 is 10.4. The molecular weight excluding hydrogens is 177 g/mol. The number of alkyl halides is 2. The fourth-order valence-electron chi connectivity index (χ4n) is 0.151. The number of hydrogen-bond donors (Lipinski definition) is 0. The van der Waals surface area contributed by atoms with Gasteiger partial charge in [-0.2, -0.15) is 0 Å². The van der Waals surface area contributed by atoms with E-state index in [2.05, 4.69) is 16.3 Å². The van der Waals surface area contributed by atoms with Gasteiger partial charge in [-0.25, -0.2) is 0 Å². The Hall–Kier alpha value is 0.00987. The van der Waals surface area contributed by atoms with Crippen molar-refractivity contribution in [2.24, 2.45) is 0 Å². The Morgan fingerprint density at radius 1 is 1.60 bits per heavy atom. The molecule has 0 saturated carbocycles. The second kappa shape index (κ2) is 5.77. The SMILES string of the molecule is C=C(B=O)OO[B]C(Cl)Cl. The molecule has 1 radical (unpaired) electrons. The first kappa shape index (κ1) is 10.0.